The Kier molecular flexibility index (Phi) is 14.0. The van der Waals surface area contributed by atoms with Crippen LogP contribution in [0.5, 0.6) is 23.0 Å². The normalized spacial score (nSPS) is 12.1. The van der Waals surface area contributed by atoms with E-state index in [0.717, 1.165) is 36.4 Å². The Labute approximate surface area is 414 Å². The summed E-state index contributed by atoms with van der Waals surface area (Å²) in [5.74, 6) is -1.94. The van der Waals surface area contributed by atoms with Gasteiger partial charge in [0.2, 0.25) is 0 Å². The molecule has 22 heteroatoms. The number of ether oxygens (including phenoxy) is 2. The van der Waals surface area contributed by atoms with E-state index in [9.17, 15) is 52.0 Å². The first-order chi connectivity index (χ1) is 33.9. The number of alkyl halides is 6. The lowest BCUT2D eigenvalue weighted by Gasteiger charge is -2.15. The summed E-state index contributed by atoms with van der Waals surface area (Å²) in [5, 5.41) is 1.37. The fraction of sp³-hybridized carbons (Fsp3) is 0.0800. The predicted octanol–water partition coefficient (Wildman–Crippen LogP) is 15.0. The lowest BCUT2D eigenvalue weighted by molar-refractivity contribution is -0.137. The number of nitrogens with zero attached hydrogens (tertiary/aromatic N) is 2. The van der Waals surface area contributed by atoms with Gasteiger partial charge in [0.15, 0.2) is 11.6 Å². The lowest BCUT2D eigenvalue weighted by atomic mass is 10.1. The van der Waals surface area contributed by atoms with Gasteiger partial charge in [-0.3, -0.25) is 19.4 Å². The molecule has 2 N–H and O–H groups in total. The van der Waals surface area contributed by atoms with E-state index in [1.165, 1.54) is 86.6 Å². The van der Waals surface area contributed by atoms with Crippen LogP contribution in [0.15, 0.2) is 155 Å². The molecule has 0 spiro atoms. The van der Waals surface area contributed by atoms with E-state index in [2.05, 4.69) is 19.4 Å². The van der Waals surface area contributed by atoms with E-state index in [0.29, 0.717) is 10.8 Å². The number of fused-ring (bicyclic) bond motifs is 3. The van der Waals surface area contributed by atoms with Crippen LogP contribution in [-0.2, 0) is 32.4 Å². The zero-order chi connectivity index (χ0) is 51.9. The lowest BCUT2D eigenvalue weighted by Crippen LogP contribution is -2.14. The number of pyridine rings is 2. The Hall–Kier alpha value is -7.26. The number of para-hydroxylation sites is 2. The van der Waals surface area contributed by atoms with Gasteiger partial charge in [-0.2, -0.15) is 26.3 Å². The molecule has 0 saturated heterocycles. The van der Waals surface area contributed by atoms with Gasteiger partial charge >= 0.3 is 12.4 Å². The Balaban J connectivity index is 0.000000193. The molecule has 2 heterocycles. The number of benzene rings is 7. The van der Waals surface area contributed by atoms with Gasteiger partial charge in [-0.25, -0.2) is 25.6 Å². The van der Waals surface area contributed by atoms with Gasteiger partial charge < -0.3 is 9.47 Å². The molecule has 2 aromatic heterocycles. The highest BCUT2D eigenvalue weighted by atomic mass is 35.5. The van der Waals surface area contributed by atoms with Crippen molar-refractivity contribution in [2.45, 2.75) is 36.0 Å². The van der Waals surface area contributed by atoms with Crippen molar-refractivity contribution in [3.63, 3.8) is 0 Å². The number of hydrogen-bond acceptors (Lipinski definition) is 8. The number of aromatic nitrogens is 2. The first-order valence-corrected chi connectivity index (χ1v) is 24.5. The molecule has 0 aliphatic rings. The summed E-state index contributed by atoms with van der Waals surface area (Å²) in [6.07, 6.45) is -9.25. The molecule has 9 aromatic rings. The molecule has 0 radical (unpaired) electrons. The second kappa shape index (κ2) is 19.7. The first-order valence-electron chi connectivity index (χ1n) is 20.8. The molecule has 0 saturated carbocycles. The minimum absolute atomic E-state index is 0.00970. The second-order valence-corrected chi connectivity index (χ2v) is 19.8. The molecule has 370 valence electrons. The van der Waals surface area contributed by atoms with Crippen LogP contribution in [0.2, 0.25) is 10.0 Å². The van der Waals surface area contributed by atoms with Gasteiger partial charge in [0.1, 0.15) is 27.9 Å². The fourth-order valence-electron chi connectivity index (χ4n) is 7.35. The molecule has 9 rings (SSSR count). The quantitative estimate of drug-likeness (QED) is 0.129. The van der Waals surface area contributed by atoms with E-state index in [-0.39, 0.29) is 81.7 Å². The molecule has 0 amide bonds. The highest BCUT2D eigenvalue weighted by Gasteiger charge is 2.35. The molecular formula is C50H32Cl2F8N4O6S2. The maximum absolute atomic E-state index is 15.0. The zero-order valence-corrected chi connectivity index (χ0v) is 39.9. The highest BCUT2D eigenvalue weighted by molar-refractivity contribution is 7.93. The number of hydrogen-bond donors (Lipinski definition) is 2. The van der Waals surface area contributed by atoms with Crippen molar-refractivity contribution in [3.8, 4) is 23.0 Å². The number of rotatable bonds is 10. The van der Waals surface area contributed by atoms with E-state index in [4.69, 9.17) is 32.7 Å². The number of anilines is 2. The van der Waals surface area contributed by atoms with Crippen LogP contribution in [0, 0.1) is 25.5 Å². The molecule has 0 bridgehead atoms. The van der Waals surface area contributed by atoms with Crippen molar-refractivity contribution < 1.29 is 61.4 Å². The summed E-state index contributed by atoms with van der Waals surface area (Å²) in [6.45, 7) is 3.02. The predicted molar refractivity (Wildman–Crippen MR) is 258 cm³/mol. The third-order valence-electron chi connectivity index (χ3n) is 10.5. The van der Waals surface area contributed by atoms with Gasteiger partial charge in [-0.15, -0.1) is 0 Å². The van der Waals surface area contributed by atoms with Crippen LogP contribution in [0.1, 0.15) is 22.5 Å². The zero-order valence-electron chi connectivity index (χ0n) is 36.8. The van der Waals surface area contributed by atoms with Crippen LogP contribution >= 0.6 is 23.2 Å². The minimum Gasteiger partial charge on any atom is -0.456 e. The summed E-state index contributed by atoms with van der Waals surface area (Å²) in [6, 6.07) is 32.2. The van der Waals surface area contributed by atoms with Crippen molar-refractivity contribution in [1.29, 1.82) is 0 Å². The SMILES string of the molecule is Cc1cc(Oc2ccc(NS(=O)(=O)c3cc(Cl)ccc3Cl)c(F)c2)c2cccc(C(F)(F)F)c2n1.Cc1cc(Oc2ccc(NS(=O)(=O)c3cccc4ccccc34)c(F)c2)c2cccc(C(F)(F)F)c2n1. The van der Waals surface area contributed by atoms with E-state index < -0.39 is 60.8 Å². The van der Waals surface area contributed by atoms with Gasteiger partial charge in [0, 0.05) is 56.8 Å². The smallest absolute Gasteiger partial charge is 0.418 e. The molecule has 0 fully saturated rings. The first kappa shape index (κ1) is 51.1. The third-order valence-corrected chi connectivity index (χ3v) is 14.0. The van der Waals surface area contributed by atoms with Crippen molar-refractivity contribution >= 4 is 87.2 Å². The standard InChI is InChI=1S/C27H18F4N2O3S.C23H14Cl2F4N2O3S/c1-16-14-24(20-9-5-10-21(26(20)32-16)27(29,30)31)36-18-12-13-23(22(28)15-18)33-37(34,35)25-11-4-7-17-6-2-3-8-19(17)25;1-12-9-20(15-3-2-4-16(22(15)30-12)23(27,28)29)34-14-6-8-19(18(26)11-14)31-35(32,33)21-10-13(24)5-7-17(21)25/h2-15,33H,1H3;2-11,31H,1H3. The average molecular weight is 1070 g/mol. The monoisotopic (exact) mass is 1070 g/mol. The summed E-state index contributed by atoms with van der Waals surface area (Å²) in [4.78, 5) is 7.65. The Morgan fingerprint density at radius 2 is 0.944 bits per heavy atom. The van der Waals surface area contributed by atoms with Gasteiger partial charge in [0.05, 0.1) is 43.5 Å². The summed E-state index contributed by atoms with van der Waals surface area (Å²) >= 11 is 11.8. The molecule has 72 heavy (non-hydrogen) atoms. The summed E-state index contributed by atoms with van der Waals surface area (Å²) < 4.78 is 177. The van der Waals surface area contributed by atoms with Crippen molar-refractivity contribution in [2.75, 3.05) is 9.44 Å². The number of halogens is 10. The largest absolute Gasteiger partial charge is 0.456 e. The Bertz CT molecular complexity index is 3820. The van der Waals surface area contributed by atoms with Crippen LogP contribution in [-0.4, -0.2) is 26.8 Å². The van der Waals surface area contributed by atoms with Crippen molar-refractivity contribution in [3.05, 3.63) is 190 Å². The Morgan fingerprint density at radius 1 is 0.500 bits per heavy atom. The minimum atomic E-state index is -4.63. The third kappa shape index (κ3) is 11.1. The molecule has 0 atom stereocenters. The number of aryl methyl sites for hydroxylation is 2. The van der Waals surface area contributed by atoms with E-state index in [1.54, 1.807) is 36.4 Å². The maximum Gasteiger partial charge on any atom is 0.418 e. The molecular weight excluding hydrogens is 1040 g/mol. The van der Waals surface area contributed by atoms with Crippen LogP contribution in [0.3, 0.4) is 0 Å². The molecule has 0 aliphatic carbocycles. The van der Waals surface area contributed by atoms with Crippen molar-refractivity contribution in [2.24, 2.45) is 0 Å². The van der Waals surface area contributed by atoms with E-state index in [1.807, 2.05) is 0 Å². The van der Waals surface area contributed by atoms with Crippen LogP contribution in [0.25, 0.3) is 32.6 Å². The molecule has 10 nitrogen and oxygen atoms in total. The Morgan fingerprint density at radius 3 is 1.43 bits per heavy atom. The molecule has 0 aliphatic heterocycles. The van der Waals surface area contributed by atoms with Gasteiger partial charge in [-0.05, 0) is 92.0 Å². The highest BCUT2D eigenvalue weighted by Crippen LogP contribution is 2.41. The van der Waals surface area contributed by atoms with Crippen LogP contribution in [0.4, 0.5) is 46.5 Å². The number of sulfonamides is 2. The fourth-order valence-corrected chi connectivity index (χ4v) is 10.5. The van der Waals surface area contributed by atoms with Gasteiger partial charge in [-0.1, -0.05) is 71.7 Å². The molecule has 0 unspecified atom stereocenters. The summed E-state index contributed by atoms with van der Waals surface area (Å²) in [5.41, 5.74) is -2.62. The average Bonchev–Trinajstić information content (AvgIpc) is 3.30. The van der Waals surface area contributed by atoms with Crippen LogP contribution < -0.4 is 18.9 Å². The summed E-state index contributed by atoms with van der Waals surface area (Å²) in [7, 11) is -8.41. The van der Waals surface area contributed by atoms with E-state index >= 15 is 0 Å². The maximum atomic E-state index is 15.0. The van der Waals surface area contributed by atoms with Gasteiger partial charge in [0.25, 0.3) is 20.0 Å². The van der Waals surface area contributed by atoms with Crippen molar-refractivity contribution in [1.82, 2.24) is 9.97 Å². The topological polar surface area (TPSA) is 137 Å². The number of nitrogens with one attached hydrogen (secondary N) is 2. The molecule has 7 aromatic carbocycles. The second-order valence-electron chi connectivity index (χ2n) is 15.7.